The fraction of sp³-hybridized carbons (Fsp3) is 0.118. The van der Waals surface area contributed by atoms with Crippen molar-refractivity contribution in [1.82, 2.24) is 5.32 Å². The lowest BCUT2D eigenvalue weighted by atomic mass is 10.1. The van der Waals surface area contributed by atoms with Crippen molar-refractivity contribution in [2.45, 2.75) is 11.7 Å². The summed E-state index contributed by atoms with van der Waals surface area (Å²) >= 11 is 13.3. The Morgan fingerprint density at radius 3 is 2.62 bits per heavy atom. The molecule has 1 N–H and O–H groups in total. The van der Waals surface area contributed by atoms with Crippen LogP contribution in [-0.4, -0.2) is 22.5 Å². The van der Waals surface area contributed by atoms with Crippen LogP contribution >= 0.6 is 35.0 Å². The van der Waals surface area contributed by atoms with Gasteiger partial charge in [-0.15, -0.1) is 5.10 Å². The molecule has 2 aromatic carbocycles. The van der Waals surface area contributed by atoms with Gasteiger partial charge in [0.05, 0.1) is 11.5 Å². The van der Waals surface area contributed by atoms with E-state index in [-0.39, 0.29) is 11.2 Å². The number of rotatable bonds is 4. The Hall–Kier alpha value is -1.82. The Morgan fingerprint density at radius 1 is 1.12 bits per heavy atom. The van der Waals surface area contributed by atoms with Gasteiger partial charge in [-0.1, -0.05) is 65.3 Å². The van der Waals surface area contributed by atoms with E-state index >= 15 is 0 Å². The minimum Gasteiger partial charge on any atom is -0.303 e. The van der Waals surface area contributed by atoms with Gasteiger partial charge in [-0.05, 0) is 30.2 Å². The molecule has 0 spiro atoms. The van der Waals surface area contributed by atoms with Crippen LogP contribution in [0.25, 0.3) is 0 Å². The normalized spacial score (nSPS) is 19.2. The molecule has 0 saturated carbocycles. The van der Waals surface area contributed by atoms with Gasteiger partial charge in [-0.25, -0.2) is 0 Å². The van der Waals surface area contributed by atoms with Crippen LogP contribution in [0.4, 0.5) is 0 Å². The van der Waals surface area contributed by atoms with E-state index in [1.54, 1.807) is 12.3 Å². The number of thioether (sulfide) groups is 1. The fourth-order valence-corrected chi connectivity index (χ4v) is 3.42. The molecule has 7 heteroatoms. The summed E-state index contributed by atoms with van der Waals surface area (Å²) in [5.41, 5.74) is 1.82. The number of nitrogens with one attached hydrogen (secondary N) is 1. The Balaban J connectivity index is 1.63. The summed E-state index contributed by atoms with van der Waals surface area (Å²) in [6, 6.07) is 14.8. The second-order valence-corrected chi connectivity index (χ2v) is 7.13. The van der Waals surface area contributed by atoms with Gasteiger partial charge in [0.15, 0.2) is 5.17 Å². The Labute approximate surface area is 154 Å². The van der Waals surface area contributed by atoms with Crippen LogP contribution < -0.4 is 5.32 Å². The van der Waals surface area contributed by atoms with Gasteiger partial charge in [0, 0.05) is 15.6 Å². The molecule has 1 atom stereocenters. The minimum absolute atomic E-state index is 0.0679. The van der Waals surface area contributed by atoms with Crippen molar-refractivity contribution in [3.8, 4) is 0 Å². The molecule has 1 aliphatic rings. The monoisotopic (exact) mass is 377 g/mol. The first-order valence-corrected chi connectivity index (χ1v) is 8.83. The lowest BCUT2D eigenvalue weighted by molar-refractivity contribution is -0.118. The van der Waals surface area contributed by atoms with Gasteiger partial charge in [-0.3, -0.25) is 4.79 Å². The van der Waals surface area contributed by atoms with E-state index in [4.69, 9.17) is 23.2 Å². The third kappa shape index (κ3) is 4.38. The minimum atomic E-state index is -0.222. The molecule has 0 bridgehead atoms. The zero-order valence-corrected chi connectivity index (χ0v) is 14.8. The molecule has 1 saturated heterocycles. The highest BCUT2D eigenvalue weighted by Crippen LogP contribution is 2.24. The Bertz CT molecular complexity index is 806. The quantitative estimate of drug-likeness (QED) is 0.642. The predicted octanol–water partition coefficient (Wildman–Crippen LogP) is 4.16. The van der Waals surface area contributed by atoms with E-state index in [0.29, 0.717) is 21.6 Å². The second-order valence-electron chi connectivity index (χ2n) is 5.10. The predicted molar refractivity (Wildman–Crippen MR) is 101 cm³/mol. The van der Waals surface area contributed by atoms with E-state index in [9.17, 15) is 4.79 Å². The largest absolute Gasteiger partial charge is 0.303 e. The number of amidine groups is 1. The van der Waals surface area contributed by atoms with Crippen LogP contribution in [0.2, 0.25) is 10.0 Å². The summed E-state index contributed by atoms with van der Waals surface area (Å²) in [7, 11) is 0. The van der Waals surface area contributed by atoms with Crippen molar-refractivity contribution in [3.05, 3.63) is 69.7 Å². The van der Waals surface area contributed by atoms with E-state index in [0.717, 1.165) is 11.1 Å². The van der Waals surface area contributed by atoms with E-state index < -0.39 is 0 Å². The topological polar surface area (TPSA) is 53.8 Å². The number of hydrogen-bond donors (Lipinski definition) is 1. The second kappa shape index (κ2) is 7.83. The van der Waals surface area contributed by atoms with Gasteiger partial charge in [0.2, 0.25) is 5.91 Å². The first kappa shape index (κ1) is 17.0. The van der Waals surface area contributed by atoms with Gasteiger partial charge in [0.1, 0.15) is 0 Å². The third-order valence-electron chi connectivity index (χ3n) is 3.36. The molecule has 0 aromatic heterocycles. The van der Waals surface area contributed by atoms with Gasteiger partial charge < -0.3 is 5.32 Å². The van der Waals surface area contributed by atoms with E-state index in [1.165, 1.54) is 11.8 Å². The van der Waals surface area contributed by atoms with Crippen molar-refractivity contribution < 1.29 is 4.79 Å². The van der Waals surface area contributed by atoms with E-state index in [1.807, 2.05) is 42.5 Å². The lowest BCUT2D eigenvalue weighted by Gasteiger charge is -2.05. The van der Waals surface area contributed by atoms with Crippen LogP contribution in [0.1, 0.15) is 11.1 Å². The average molecular weight is 378 g/mol. The van der Waals surface area contributed by atoms with Crippen LogP contribution in [0.5, 0.6) is 0 Å². The zero-order valence-electron chi connectivity index (χ0n) is 12.4. The standard InChI is InChI=1S/C17H13Cl2N3OS/c18-13-7-5-11(6-8-13)9-15-16(23)21-17(24-15)22-20-10-12-3-1-2-4-14(12)19/h1-8,10,15H,9H2,(H,21,22,23)/b20-10-/t15-/m0/s1. The third-order valence-corrected chi connectivity index (χ3v) is 5.03. The lowest BCUT2D eigenvalue weighted by Crippen LogP contribution is -2.25. The summed E-state index contributed by atoms with van der Waals surface area (Å²) in [5, 5.41) is 12.3. The van der Waals surface area contributed by atoms with Crippen LogP contribution in [0.3, 0.4) is 0 Å². The van der Waals surface area contributed by atoms with Crippen LogP contribution in [-0.2, 0) is 11.2 Å². The molecule has 1 heterocycles. The Morgan fingerprint density at radius 2 is 1.88 bits per heavy atom. The maximum Gasteiger partial charge on any atom is 0.239 e. The summed E-state index contributed by atoms with van der Waals surface area (Å²) in [4.78, 5) is 12.0. The molecule has 1 amide bonds. The molecule has 122 valence electrons. The number of benzene rings is 2. The van der Waals surface area contributed by atoms with Crippen molar-refractivity contribution in [2.75, 3.05) is 0 Å². The highest BCUT2D eigenvalue weighted by molar-refractivity contribution is 8.15. The highest BCUT2D eigenvalue weighted by Gasteiger charge is 2.30. The first-order valence-electron chi connectivity index (χ1n) is 7.19. The summed E-state index contributed by atoms with van der Waals surface area (Å²) in [6.45, 7) is 0. The number of nitrogens with zero attached hydrogens (tertiary/aromatic N) is 2. The van der Waals surface area contributed by atoms with Crippen LogP contribution in [0.15, 0.2) is 58.7 Å². The summed E-state index contributed by atoms with van der Waals surface area (Å²) in [5.74, 6) is -0.0679. The highest BCUT2D eigenvalue weighted by atomic mass is 35.5. The van der Waals surface area contributed by atoms with E-state index in [2.05, 4.69) is 15.5 Å². The zero-order chi connectivity index (χ0) is 16.9. The maximum atomic E-state index is 12.0. The number of carbonyl (C=O) groups excluding carboxylic acids is 1. The number of amides is 1. The number of carbonyl (C=O) groups is 1. The molecule has 0 unspecified atom stereocenters. The summed E-state index contributed by atoms with van der Waals surface area (Å²) in [6.07, 6.45) is 2.18. The molecule has 24 heavy (non-hydrogen) atoms. The maximum absolute atomic E-state index is 12.0. The number of halogens is 2. The molecule has 4 nitrogen and oxygen atoms in total. The number of hydrogen-bond acceptors (Lipinski definition) is 4. The molecule has 1 aliphatic heterocycles. The first-order chi connectivity index (χ1) is 11.6. The molecule has 0 aliphatic carbocycles. The molecule has 2 aromatic rings. The SMILES string of the molecule is O=C1N/C(=N/N=C\c2ccccc2Cl)S[C@H]1Cc1ccc(Cl)cc1. The van der Waals surface area contributed by atoms with Crippen molar-refractivity contribution in [2.24, 2.45) is 10.2 Å². The molecular formula is C17H13Cl2N3OS. The van der Waals surface area contributed by atoms with Gasteiger partial charge >= 0.3 is 0 Å². The fourth-order valence-electron chi connectivity index (χ4n) is 2.14. The average Bonchev–Trinajstić information content (AvgIpc) is 2.91. The molecule has 1 fully saturated rings. The van der Waals surface area contributed by atoms with Crippen molar-refractivity contribution in [3.63, 3.8) is 0 Å². The van der Waals surface area contributed by atoms with Gasteiger partial charge in [-0.2, -0.15) is 5.10 Å². The summed E-state index contributed by atoms with van der Waals surface area (Å²) < 4.78 is 0. The van der Waals surface area contributed by atoms with Crippen molar-refractivity contribution in [1.29, 1.82) is 0 Å². The van der Waals surface area contributed by atoms with Crippen molar-refractivity contribution >= 4 is 52.3 Å². The van der Waals surface area contributed by atoms with Gasteiger partial charge in [0.25, 0.3) is 0 Å². The van der Waals surface area contributed by atoms with Crippen LogP contribution in [0, 0.1) is 0 Å². The molecular weight excluding hydrogens is 365 g/mol. The molecule has 3 rings (SSSR count). The molecule has 0 radical (unpaired) electrons. The smallest absolute Gasteiger partial charge is 0.239 e. The Kier molecular flexibility index (Phi) is 5.56.